The van der Waals surface area contributed by atoms with Crippen molar-refractivity contribution in [2.75, 3.05) is 13.2 Å². The summed E-state index contributed by atoms with van der Waals surface area (Å²) in [7, 11) is 0. The van der Waals surface area contributed by atoms with Crippen LogP contribution in [0.15, 0.2) is 11.8 Å². The maximum absolute atomic E-state index is 5.57. The molecule has 2 aliphatic rings. The van der Waals surface area contributed by atoms with Crippen LogP contribution < -0.4 is 11.3 Å². The number of rotatable bonds is 4. The van der Waals surface area contributed by atoms with E-state index in [2.05, 4.69) is 11.5 Å². The summed E-state index contributed by atoms with van der Waals surface area (Å²) in [6.45, 7) is 1.68. The average molecular weight is 198 g/mol. The lowest BCUT2D eigenvalue weighted by Gasteiger charge is -2.20. The van der Waals surface area contributed by atoms with E-state index in [1.54, 1.807) is 0 Å². The van der Waals surface area contributed by atoms with Gasteiger partial charge in [-0.25, -0.2) is 5.43 Å². The van der Waals surface area contributed by atoms with Crippen molar-refractivity contribution in [1.82, 2.24) is 5.43 Å². The molecule has 3 N–H and O–H groups in total. The Bertz CT molecular complexity index is 212. The number of hydrogen-bond donors (Lipinski definition) is 2. The molecule has 4 heteroatoms. The van der Waals surface area contributed by atoms with E-state index in [1.165, 1.54) is 6.42 Å². The summed E-state index contributed by atoms with van der Waals surface area (Å²) < 4.78 is 11.0. The Balaban J connectivity index is 1.85. The molecule has 1 saturated heterocycles. The lowest BCUT2D eigenvalue weighted by molar-refractivity contribution is 0.0897. The van der Waals surface area contributed by atoms with Crippen LogP contribution in [-0.2, 0) is 9.47 Å². The normalized spacial score (nSPS) is 28.6. The second-order valence-corrected chi connectivity index (χ2v) is 3.83. The fraction of sp³-hybridized carbons (Fsp3) is 0.800. The Labute approximate surface area is 84.4 Å². The fourth-order valence-electron chi connectivity index (χ4n) is 2.04. The van der Waals surface area contributed by atoms with Crippen molar-refractivity contribution in [2.24, 2.45) is 5.84 Å². The van der Waals surface area contributed by atoms with Gasteiger partial charge in [-0.15, -0.1) is 0 Å². The van der Waals surface area contributed by atoms with Crippen LogP contribution in [-0.4, -0.2) is 25.4 Å². The molecule has 0 aromatic rings. The number of nitrogens with one attached hydrogen (secondary N) is 1. The Morgan fingerprint density at radius 1 is 1.57 bits per heavy atom. The molecule has 2 unspecified atom stereocenters. The molecule has 0 aliphatic carbocycles. The monoisotopic (exact) mass is 198 g/mol. The predicted octanol–water partition coefficient (Wildman–Crippen LogP) is 0.692. The largest absolute Gasteiger partial charge is 0.496 e. The Morgan fingerprint density at radius 2 is 2.50 bits per heavy atom. The van der Waals surface area contributed by atoms with Gasteiger partial charge in [-0.3, -0.25) is 5.84 Å². The van der Waals surface area contributed by atoms with Crippen molar-refractivity contribution in [2.45, 2.75) is 37.8 Å². The topological polar surface area (TPSA) is 56.5 Å². The maximum Gasteiger partial charge on any atom is 0.110 e. The van der Waals surface area contributed by atoms with Crippen molar-refractivity contribution in [3.63, 3.8) is 0 Å². The van der Waals surface area contributed by atoms with Gasteiger partial charge in [0.15, 0.2) is 0 Å². The zero-order valence-electron chi connectivity index (χ0n) is 8.37. The van der Waals surface area contributed by atoms with Crippen molar-refractivity contribution in [3.05, 3.63) is 11.8 Å². The second kappa shape index (κ2) is 4.77. The van der Waals surface area contributed by atoms with E-state index in [-0.39, 0.29) is 6.04 Å². The van der Waals surface area contributed by atoms with Gasteiger partial charge in [0.1, 0.15) is 5.76 Å². The second-order valence-electron chi connectivity index (χ2n) is 3.83. The molecule has 2 rings (SSSR count). The first-order valence-electron chi connectivity index (χ1n) is 5.30. The van der Waals surface area contributed by atoms with Gasteiger partial charge in [-0.1, -0.05) is 0 Å². The molecule has 0 amide bonds. The highest BCUT2D eigenvalue weighted by molar-refractivity contribution is 5.07. The average Bonchev–Trinajstić information content (AvgIpc) is 2.86. The van der Waals surface area contributed by atoms with Gasteiger partial charge in [0.05, 0.1) is 18.8 Å². The molecule has 0 aromatic heterocycles. The summed E-state index contributed by atoms with van der Waals surface area (Å²) in [5, 5.41) is 0. The van der Waals surface area contributed by atoms with E-state index in [9.17, 15) is 0 Å². The van der Waals surface area contributed by atoms with Crippen LogP contribution in [0.2, 0.25) is 0 Å². The van der Waals surface area contributed by atoms with Crippen LogP contribution in [0.3, 0.4) is 0 Å². The smallest absolute Gasteiger partial charge is 0.110 e. The fourth-order valence-corrected chi connectivity index (χ4v) is 2.04. The van der Waals surface area contributed by atoms with Crippen molar-refractivity contribution >= 4 is 0 Å². The van der Waals surface area contributed by atoms with E-state index >= 15 is 0 Å². The molecule has 14 heavy (non-hydrogen) atoms. The summed E-state index contributed by atoms with van der Waals surface area (Å²) in [4.78, 5) is 0. The van der Waals surface area contributed by atoms with Gasteiger partial charge >= 0.3 is 0 Å². The van der Waals surface area contributed by atoms with Gasteiger partial charge in [0, 0.05) is 13.0 Å². The highest BCUT2D eigenvalue weighted by atomic mass is 16.5. The third kappa shape index (κ3) is 2.26. The molecule has 4 nitrogen and oxygen atoms in total. The third-order valence-electron chi connectivity index (χ3n) is 2.80. The SMILES string of the molecule is NNC(CC1CCCO1)C1=CCCO1. The van der Waals surface area contributed by atoms with Crippen LogP contribution in [0.4, 0.5) is 0 Å². The van der Waals surface area contributed by atoms with E-state index in [4.69, 9.17) is 15.3 Å². The van der Waals surface area contributed by atoms with Crippen LogP contribution in [0.25, 0.3) is 0 Å². The van der Waals surface area contributed by atoms with Gasteiger partial charge < -0.3 is 9.47 Å². The van der Waals surface area contributed by atoms with Crippen LogP contribution in [0.1, 0.15) is 25.7 Å². The first-order valence-corrected chi connectivity index (χ1v) is 5.30. The minimum Gasteiger partial charge on any atom is -0.496 e. The maximum atomic E-state index is 5.57. The highest BCUT2D eigenvalue weighted by Gasteiger charge is 2.24. The van der Waals surface area contributed by atoms with Crippen molar-refractivity contribution < 1.29 is 9.47 Å². The summed E-state index contributed by atoms with van der Waals surface area (Å²) >= 11 is 0. The lowest BCUT2D eigenvalue weighted by atomic mass is 10.1. The van der Waals surface area contributed by atoms with Gasteiger partial charge in [0.2, 0.25) is 0 Å². The van der Waals surface area contributed by atoms with E-state index in [0.29, 0.717) is 6.10 Å². The molecule has 80 valence electrons. The van der Waals surface area contributed by atoms with E-state index in [0.717, 1.165) is 38.2 Å². The quantitative estimate of drug-likeness (QED) is 0.515. The third-order valence-corrected chi connectivity index (χ3v) is 2.80. The Morgan fingerprint density at radius 3 is 3.07 bits per heavy atom. The summed E-state index contributed by atoms with van der Waals surface area (Å²) in [5.41, 5.74) is 2.80. The zero-order valence-corrected chi connectivity index (χ0v) is 8.37. The zero-order chi connectivity index (χ0) is 9.80. The van der Waals surface area contributed by atoms with Crippen LogP contribution >= 0.6 is 0 Å². The van der Waals surface area contributed by atoms with Crippen molar-refractivity contribution in [3.8, 4) is 0 Å². The molecule has 0 aromatic carbocycles. The molecular weight excluding hydrogens is 180 g/mol. The lowest BCUT2D eigenvalue weighted by Crippen LogP contribution is -2.39. The molecule has 2 atom stereocenters. The van der Waals surface area contributed by atoms with Gasteiger partial charge in [-0.2, -0.15) is 0 Å². The summed E-state index contributed by atoms with van der Waals surface area (Å²) in [6.07, 6.45) is 6.69. The molecule has 0 saturated carbocycles. The Kier molecular flexibility index (Phi) is 3.39. The van der Waals surface area contributed by atoms with Crippen LogP contribution in [0.5, 0.6) is 0 Å². The van der Waals surface area contributed by atoms with E-state index in [1.807, 2.05) is 0 Å². The van der Waals surface area contributed by atoms with Gasteiger partial charge in [-0.05, 0) is 25.3 Å². The number of hydrazine groups is 1. The molecular formula is C10H18N2O2. The number of ether oxygens (including phenoxy) is 2. The minimum absolute atomic E-state index is 0.126. The Hall–Kier alpha value is -0.580. The van der Waals surface area contributed by atoms with E-state index < -0.39 is 0 Å². The molecule has 0 radical (unpaired) electrons. The first kappa shape index (κ1) is 9.96. The summed E-state index contributed by atoms with van der Waals surface area (Å²) in [6, 6.07) is 0.126. The summed E-state index contributed by atoms with van der Waals surface area (Å²) in [5.74, 6) is 6.49. The molecule has 1 fully saturated rings. The highest BCUT2D eigenvalue weighted by Crippen LogP contribution is 2.22. The minimum atomic E-state index is 0.126. The molecule has 0 spiro atoms. The standard InChI is InChI=1S/C10H18N2O2/c11-12-9(10-4-2-6-14-10)7-8-3-1-5-13-8/h4,8-9,12H,1-3,5-7,11H2. The number of hydrogen-bond acceptors (Lipinski definition) is 4. The molecule has 0 bridgehead atoms. The number of nitrogens with two attached hydrogens (primary N) is 1. The van der Waals surface area contributed by atoms with Gasteiger partial charge in [0.25, 0.3) is 0 Å². The van der Waals surface area contributed by atoms with Crippen molar-refractivity contribution in [1.29, 1.82) is 0 Å². The van der Waals surface area contributed by atoms with Crippen LogP contribution in [0, 0.1) is 0 Å². The first-order chi connectivity index (χ1) is 6.90. The molecule has 2 aliphatic heterocycles. The molecule has 2 heterocycles. The predicted molar refractivity (Wildman–Crippen MR) is 53.4 cm³/mol.